The second-order valence-electron chi connectivity index (χ2n) is 9.38. The Hall–Kier alpha value is -2.61. The Labute approximate surface area is 199 Å². The van der Waals surface area contributed by atoms with Crippen LogP contribution in [0.1, 0.15) is 60.9 Å². The molecule has 0 spiro atoms. The summed E-state index contributed by atoms with van der Waals surface area (Å²) >= 11 is 0. The molecule has 34 heavy (non-hydrogen) atoms. The Morgan fingerprint density at radius 1 is 1.00 bits per heavy atom. The molecule has 0 bridgehead atoms. The lowest BCUT2D eigenvalue weighted by Gasteiger charge is -2.34. The van der Waals surface area contributed by atoms with E-state index in [9.17, 15) is 18.0 Å². The van der Waals surface area contributed by atoms with Crippen molar-refractivity contribution in [2.45, 2.75) is 51.1 Å². The van der Waals surface area contributed by atoms with Gasteiger partial charge in [-0.3, -0.25) is 4.79 Å². The van der Waals surface area contributed by atoms with Gasteiger partial charge in [-0.05, 0) is 88.0 Å². The first-order chi connectivity index (χ1) is 16.4. The zero-order chi connectivity index (χ0) is 24.0. The molecule has 2 aromatic rings. The predicted molar refractivity (Wildman–Crippen MR) is 128 cm³/mol. The van der Waals surface area contributed by atoms with Gasteiger partial charge in [0.05, 0.1) is 11.3 Å². The normalized spacial score (nSPS) is 18.5. The van der Waals surface area contributed by atoms with Crippen molar-refractivity contribution in [3.63, 3.8) is 0 Å². The van der Waals surface area contributed by atoms with E-state index < -0.39 is 17.6 Å². The Morgan fingerprint density at radius 3 is 2.44 bits per heavy atom. The maximum atomic E-state index is 13.0. The molecule has 0 unspecified atom stereocenters. The van der Waals surface area contributed by atoms with E-state index in [4.69, 9.17) is 0 Å². The number of aromatic nitrogens is 1. The number of anilines is 2. The summed E-state index contributed by atoms with van der Waals surface area (Å²) in [4.78, 5) is 22.0. The summed E-state index contributed by atoms with van der Waals surface area (Å²) in [6.45, 7) is 5.33. The summed E-state index contributed by atoms with van der Waals surface area (Å²) in [5, 5.41) is 2.77. The third-order valence-corrected chi connectivity index (χ3v) is 6.95. The first kappa shape index (κ1) is 24.5. The van der Waals surface area contributed by atoms with Gasteiger partial charge >= 0.3 is 6.18 Å². The Balaban J connectivity index is 1.34. The number of hydrogen-bond acceptors (Lipinski definition) is 4. The van der Waals surface area contributed by atoms with Crippen LogP contribution in [-0.2, 0) is 6.18 Å². The molecular weight excluding hydrogens is 441 g/mol. The van der Waals surface area contributed by atoms with E-state index in [2.05, 4.69) is 20.1 Å². The molecule has 1 aromatic carbocycles. The maximum absolute atomic E-state index is 13.0. The number of likely N-dealkylation sites (tertiary alicyclic amines) is 1. The smallest absolute Gasteiger partial charge is 0.355 e. The number of carbonyl (C=O) groups is 1. The van der Waals surface area contributed by atoms with Crippen LogP contribution in [0.25, 0.3) is 0 Å². The highest BCUT2D eigenvalue weighted by molar-refractivity contribution is 6.05. The average Bonchev–Trinajstić information content (AvgIpc) is 3.12. The van der Waals surface area contributed by atoms with Gasteiger partial charge in [-0.1, -0.05) is 18.9 Å². The molecule has 184 valence electrons. The fraction of sp³-hybridized carbons (Fsp3) is 0.538. The summed E-state index contributed by atoms with van der Waals surface area (Å²) in [6, 6.07) is 7.94. The van der Waals surface area contributed by atoms with Gasteiger partial charge < -0.3 is 15.1 Å². The van der Waals surface area contributed by atoms with Gasteiger partial charge in [0.25, 0.3) is 5.91 Å². The highest BCUT2D eigenvalue weighted by atomic mass is 19.4. The standard InChI is InChI=1S/C26H33F3N4O/c27-26(28,29)22-8-5-7-21(19-22)25(34)31-23-9-6-13-30-24(23)33-17-11-20(12-18-33)10-16-32-14-3-1-2-4-15-32/h5-9,13,19-20H,1-4,10-12,14-18H2,(H,31,34). The minimum atomic E-state index is -4.49. The first-order valence-corrected chi connectivity index (χ1v) is 12.3. The molecule has 0 saturated carbocycles. The summed E-state index contributed by atoms with van der Waals surface area (Å²) in [5.41, 5.74) is -0.349. The van der Waals surface area contributed by atoms with Gasteiger partial charge in [-0.25, -0.2) is 4.98 Å². The molecule has 4 rings (SSSR count). The van der Waals surface area contributed by atoms with Crippen LogP contribution >= 0.6 is 0 Å². The van der Waals surface area contributed by atoms with Crippen LogP contribution in [0.15, 0.2) is 42.6 Å². The van der Waals surface area contributed by atoms with Crippen LogP contribution in [-0.4, -0.2) is 48.5 Å². The van der Waals surface area contributed by atoms with Crippen molar-refractivity contribution in [1.82, 2.24) is 9.88 Å². The number of piperidine rings is 1. The molecule has 0 aliphatic carbocycles. The van der Waals surface area contributed by atoms with Gasteiger partial charge in [-0.2, -0.15) is 13.2 Å². The SMILES string of the molecule is O=C(Nc1cccnc1N1CCC(CCN2CCCCCC2)CC1)c1cccc(C(F)(F)F)c1. The molecule has 8 heteroatoms. The molecule has 2 fully saturated rings. The molecule has 2 saturated heterocycles. The summed E-state index contributed by atoms with van der Waals surface area (Å²) in [6.07, 6.45) is 5.89. The maximum Gasteiger partial charge on any atom is 0.416 e. The second kappa shape index (κ2) is 11.2. The van der Waals surface area contributed by atoms with Crippen LogP contribution in [0.3, 0.4) is 0 Å². The fourth-order valence-electron chi connectivity index (χ4n) is 4.94. The number of rotatable bonds is 6. The predicted octanol–water partition coefficient (Wildman–Crippen LogP) is 5.84. The van der Waals surface area contributed by atoms with Gasteiger partial charge in [0.1, 0.15) is 0 Å². The lowest BCUT2D eigenvalue weighted by atomic mass is 9.93. The monoisotopic (exact) mass is 474 g/mol. The first-order valence-electron chi connectivity index (χ1n) is 12.3. The van der Waals surface area contributed by atoms with Gasteiger partial charge in [-0.15, -0.1) is 0 Å². The van der Waals surface area contributed by atoms with Crippen LogP contribution in [0.2, 0.25) is 0 Å². The van der Waals surface area contributed by atoms with Crippen LogP contribution in [0.5, 0.6) is 0 Å². The fourth-order valence-corrected chi connectivity index (χ4v) is 4.94. The third-order valence-electron chi connectivity index (χ3n) is 6.95. The molecule has 1 aromatic heterocycles. The lowest BCUT2D eigenvalue weighted by molar-refractivity contribution is -0.137. The zero-order valence-corrected chi connectivity index (χ0v) is 19.5. The number of amides is 1. The Morgan fingerprint density at radius 2 is 1.74 bits per heavy atom. The Bertz CT molecular complexity index is 949. The van der Waals surface area contributed by atoms with Gasteiger partial charge in [0.15, 0.2) is 5.82 Å². The van der Waals surface area contributed by atoms with E-state index in [1.807, 2.05) is 0 Å². The van der Waals surface area contributed by atoms with Crippen molar-refractivity contribution < 1.29 is 18.0 Å². The number of benzene rings is 1. The Kier molecular flexibility index (Phi) is 8.08. The number of pyridine rings is 1. The van der Waals surface area contributed by atoms with Crippen molar-refractivity contribution in [3.8, 4) is 0 Å². The average molecular weight is 475 g/mol. The highest BCUT2D eigenvalue weighted by Gasteiger charge is 2.31. The minimum absolute atomic E-state index is 0.0307. The van der Waals surface area contributed by atoms with E-state index in [0.717, 1.165) is 38.1 Å². The van der Waals surface area contributed by atoms with Crippen LogP contribution in [0.4, 0.5) is 24.7 Å². The van der Waals surface area contributed by atoms with Crippen LogP contribution in [0, 0.1) is 5.92 Å². The molecule has 3 heterocycles. The molecule has 1 amide bonds. The molecule has 5 nitrogen and oxygen atoms in total. The molecular formula is C26H33F3N4O. The highest BCUT2D eigenvalue weighted by Crippen LogP contribution is 2.31. The van der Waals surface area contributed by atoms with Crippen molar-refractivity contribution in [2.24, 2.45) is 5.92 Å². The second-order valence-corrected chi connectivity index (χ2v) is 9.38. The van der Waals surface area contributed by atoms with E-state index in [1.54, 1.807) is 18.3 Å². The van der Waals surface area contributed by atoms with E-state index in [0.29, 0.717) is 17.4 Å². The number of nitrogens with one attached hydrogen (secondary N) is 1. The van der Waals surface area contributed by atoms with Crippen molar-refractivity contribution >= 4 is 17.4 Å². The number of halogens is 3. The number of carbonyl (C=O) groups excluding carboxylic acids is 1. The van der Waals surface area contributed by atoms with Crippen molar-refractivity contribution in [2.75, 3.05) is 42.9 Å². The van der Waals surface area contributed by atoms with Crippen molar-refractivity contribution in [1.29, 1.82) is 0 Å². The van der Waals surface area contributed by atoms with E-state index >= 15 is 0 Å². The summed E-state index contributed by atoms with van der Waals surface area (Å²) in [5.74, 6) is 0.785. The van der Waals surface area contributed by atoms with E-state index in [-0.39, 0.29) is 5.56 Å². The zero-order valence-electron chi connectivity index (χ0n) is 19.5. The summed E-state index contributed by atoms with van der Waals surface area (Å²) < 4.78 is 39.1. The summed E-state index contributed by atoms with van der Waals surface area (Å²) in [7, 11) is 0. The number of nitrogens with zero attached hydrogens (tertiary/aromatic N) is 3. The lowest BCUT2D eigenvalue weighted by Crippen LogP contribution is -2.36. The van der Waals surface area contributed by atoms with Crippen molar-refractivity contribution in [3.05, 3.63) is 53.7 Å². The number of alkyl halides is 3. The number of hydrogen-bond donors (Lipinski definition) is 1. The topological polar surface area (TPSA) is 48.5 Å². The van der Waals surface area contributed by atoms with Gasteiger partial charge in [0.2, 0.25) is 0 Å². The molecule has 0 radical (unpaired) electrons. The molecule has 1 N–H and O–H groups in total. The molecule has 2 aliphatic heterocycles. The van der Waals surface area contributed by atoms with Gasteiger partial charge in [0, 0.05) is 24.8 Å². The quantitative estimate of drug-likeness (QED) is 0.572. The minimum Gasteiger partial charge on any atom is -0.355 e. The third kappa shape index (κ3) is 6.50. The largest absolute Gasteiger partial charge is 0.416 e. The van der Waals surface area contributed by atoms with Crippen LogP contribution < -0.4 is 10.2 Å². The molecule has 2 aliphatic rings. The van der Waals surface area contributed by atoms with E-state index in [1.165, 1.54) is 63.9 Å². The molecule has 0 atom stereocenters.